The highest BCUT2D eigenvalue weighted by atomic mass is 16.4. The van der Waals surface area contributed by atoms with Crippen LogP contribution in [-0.2, 0) is 9.59 Å². The molecule has 1 aliphatic carbocycles. The molecule has 0 radical (unpaired) electrons. The summed E-state index contributed by atoms with van der Waals surface area (Å²) in [6, 6.07) is 6.33. The van der Waals surface area contributed by atoms with Gasteiger partial charge < -0.3 is 9.90 Å². The summed E-state index contributed by atoms with van der Waals surface area (Å²) in [6.07, 6.45) is 0.0468. The Balaban J connectivity index is 2.32. The van der Waals surface area contributed by atoms with Crippen LogP contribution in [0.25, 0.3) is 0 Å². The molecular weight excluding hydrogens is 260 g/mol. The van der Waals surface area contributed by atoms with Gasteiger partial charge in [0.05, 0.1) is 11.8 Å². The molecule has 2 rings (SSSR count). The first-order valence-corrected chi connectivity index (χ1v) is 6.33. The van der Waals surface area contributed by atoms with Crippen LogP contribution in [-0.4, -0.2) is 28.4 Å². The SMILES string of the molecule is CC(=O)CCC(C(=O)O)C1C(=O)c2ccccc2C1=O. The van der Waals surface area contributed by atoms with Gasteiger partial charge in [-0.25, -0.2) is 0 Å². The fourth-order valence-electron chi connectivity index (χ4n) is 2.52. The lowest BCUT2D eigenvalue weighted by Gasteiger charge is -2.16. The zero-order valence-corrected chi connectivity index (χ0v) is 11.0. The fourth-order valence-corrected chi connectivity index (χ4v) is 2.52. The second-order valence-electron chi connectivity index (χ2n) is 4.94. The Morgan fingerprint density at radius 2 is 1.65 bits per heavy atom. The van der Waals surface area contributed by atoms with Gasteiger partial charge in [-0.15, -0.1) is 0 Å². The molecule has 0 spiro atoms. The zero-order valence-electron chi connectivity index (χ0n) is 11.0. The number of fused-ring (bicyclic) bond motifs is 1. The number of carbonyl (C=O) groups excluding carboxylic acids is 3. The average Bonchev–Trinajstić information content (AvgIpc) is 2.64. The van der Waals surface area contributed by atoms with E-state index in [9.17, 15) is 24.3 Å². The predicted molar refractivity (Wildman–Crippen MR) is 69.6 cm³/mol. The normalized spacial score (nSPS) is 16.1. The molecule has 0 saturated heterocycles. The summed E-state index contributed by atoms with van der Waals surface area (Å²) in [5, 5.41) is 9.25. The third-order valence-corrected chi connectivity index (χ3v) is 3.55. The summed E-state index contributed by atoms with van der Waals surface area (Å²) in [6.45, 7) is 1.35. The van der Waals surface area contributed by atoms with Gasteiger partial charge in [0.15, 0.2) is 11.6 Å². The molecule has 1 aromatic rings. The number of aliphatic carboxylic acids is 1. The maximum absolute atomic E-state index is 12.2. The molecule has 0 aliphatic heterocycles. The van der Waals surface area contributed by atoms with Gasteiger partial charge in [0.25, 0.3) is 0 Å². The quantitative estimate of drug-likeness (QED) is 0.826. The Hall–Kier alpha value is -2.30. The molecule has 5 nitrogen and oxygen atoms in total. The van der Waals surface area contributed by atoms with Gasteiger partial charge in [-0.05, 0) is 13.3 Å². The molecule has 5 heteroatoms. The van der Waals surface area contributed by atoms with E-state index >= 15 is 0 Å². The summed E-state index contributed by atoms with van der Waals surface area (Å²) in [4.78, 5) is 46.8. The minimum Gasteiger partial charge on any atom is -0.481 e. The molecule has 20 heavy (non-hydrogen) atoms. The van der Waals surface area contributed by atoms with E-state index in [2.05, 4.69) is 0 Å². The van der Waals surface area contributed by atoms with Crippen LogP contribution in [0.4, 0.5) is 0 Å². The van der Waals surface area contributed by atoms with Crippen molar-refractivity contribution >= 4 is 23.3 Å². The number of benzene rings is 1. The van der Waals surface area contributed by atoms with Crippen LogP contribution >= 0.6 is 0 Å². The molecule has 0 heterocycles. The summed E-state index contributed by atoms with van der Waals surface area (Å²) in [7, 11) is 0. The first kappa shape index (κ1) is 14.1. The molecule has 104 valence electrons. The Morgan fingerprint density at radius 3 is 2.05 bits per heavy atom. The number of carboxylic acids is 1. The van der Waals surface area contributed by atoms with Gasteiger partial charge in [0.2, 0.25) is 0 Å². The molecule has 0 fully saturated rings. The average molecular weight is 274 g/mol. The van der Waals surface area contributed by atoms with Crippen molar-refractivity contribution in [1.82, 2.24) is 0 Å². The van der Waals surface area contributed by atoms with Crippen molar-refractivity contribution in [3.05, 3.63) is 35.4 Å². The third kappa shape index (κ3) is 2.39. The smallest absolute Gasteiger partial charge is 0.307 e. The van der Waals surface area contributed by atoms with Crippen LogP contribution in [0.2, 0.25) is 0 Å². The van der Waals surface area contributed by atoms with E-state index in [0.29, 0.717) is 0 Å². The number of carboxylic acid groups (broad SMARTS) is 1. The van der Waals surface area contributed by atoms with E-state index in [1.54, 1.807) is 12.1 Å². The topological polar surface area (TPSA) is 88.5 Å². The lowest BCUT2D eigenvalue weighted by molar-refractivity contribution is -0.143. The molecular formula is C15H14O5. The standard InChI is InChI=1S/C15H14O5/c1-8(16)6-7-11(15(19)20)12-13(17)9-4-2-3-5-10(9)14(12)18/h2-5,11-12H,6-7H2,1H3,(H,19,20). The Bertz CT molecular complexity index is 567. The van der Waals surface area contributed by atoms with Gasteiger partial charge in [-0.3, -0.25) is 14.4 Å². The zero-order chi connectivity index (χ0) is 14.9. The molecule has 0 aromatic heterocycles. The summed E-state index contributed by atoms with van der Waals surface area (Å²) in [5.74, 6) is -4.64. The van der Waals surface area contributed by atoms with Crippen LogP contribution in [0.15, 0.2) is 24.3 Å². The van der Waals surface area contributed by atoms with E-state index in [-0.39, 0.29) is 29.8 Å². The number of hydrogen-bond acceptors (Lipinski definition) is 4. The number of ketones is 3. The van der Waals surface area contributed by atoms with Gasteiger partial charge in [-0.2, -0.15) is 0 Å². The molecule has 0 bridgehead atoms. The second kappa shape index (κ2) is 5.36. The van der Waals surface area contributed by atoms with Crippen molar-refractivity contribution in [2.75, 3.05) is 0 Å². The minimum atomic E-state index is -1.22. The van der Waals surface area contributed by atoms with Gasteiger partial charge in [0.1, 0.15) is 5.78 Å². The van der Waals surface area contributed by atoms with Crippen LogP contribution < -0.4 is 0 Å². The molecule has 0 saturated carbocycles. The van der Waals surface area contributed by atoms with E-state index in [1.807, 2.05) is 0 Å². The third-order valence-electron chi connectivity index (χ3n) is 3.55. The maximum atomic E-state index is 12.2. The lowest BCUT2D eigenvalue weighted by Crippen LogP contribution is -2.31. The Labute approximate surface area is 115 Å². The number of Topliss-reactive ketones (excluding diaryl/α,β-unsaturated/α-hetero) is 3. The second-order valence-corrected chi connectivity index (χ2v) is 4.94. The van der Waals surface area contributed by atoms with E-state index in [0.717, 1.165) is 0 Å². The van der Waals surface area contributed by atoms with Crippen LogP contribution in [0.5, 0.6) is 0 Å². The molecule has 1 aromatic carbocycles. The van der Waals surface area contributed by atoms with E-state index < -0.39 is 29.4 Å². The van der Waals surface area contributed by atoms with Crippen LogP contribution in [0, 0.1) is 11.8 Å². The van der Waals surface area contributed by atoms with Crippen molar-refractivity contribution < 1.29 is 24.3 Å². The molecule has 1 atom stereocenters. The van der Waals surface area contributed by atoms with Crippen molar-refractivity contribution in [3.8, 4) is 0 Å². The van der Waals surface area contributed by atoms with Crippen LogP contribution in [0.3, 0.4) is 0 Å². The summed E-state index contributed by atoms with van der Waals surface area (Å²) >= 11 is 0. The van der Waals surface area contributed by atoms with Crippen LogP contribution in [0.1, 0.15) is 40.5 Å². The molecule has 1 aliphatic rings. The fraction of sp³-hybridized carbons (Fsp3) is 0.333. The first-order chi connectivity index (χ1) is 9.43. The van der Waals surface area contributed by atoms with E-state index in [1.165, 1.54) is 19.1 Å². The Kier molecular flexibility index (Phi) is 3.79. The number of hydrogen-bond donors (Lipinski definition) is 1. The number of carbonyl (C=O) groups is 4. The monoisotopic (exact) mass is 274 g/mol. The molecule has 1 N–H and O–H groups in total. The van der Waals surface area contributed by atoms with Gasteiger partial charge in [-0.1, -0.05) is 24.3 Å². The maximum Gasteiger partial charge on any atom is 0.307 e. The highest BCUT2D eigenvalue weighted by molar-refractivity contribution is 6.27. The van der Waals surface area contributed by atoms with Gasteiger partial charge in [0, 0.05) is 17.5 Å². The molecule has 0 amide bonds. The molecule has 1 unspecified atom stereocenters. The lowest BCUT2D eigenvalue weighted by atomic mass is 9.84. The minimum absolute atomic E-state index is 0.000796. The highest BCUT2D eigenvalue weighted by Crippen LogP contribution is 2.33. The first-order valence-electron chi connectivity index (χ1n) is 6.33. The summed E-state index contributed by atoms with van der Waals surface area (Å²) < 4.78 is 0. The van der Waals surface area contributed by atoms with Crippen molar-refractivity contribution in [2.24, 2.45) is 11.8 Å². The van der Waals surface area contributed by atoms with Crippen molar-refractivity contribution in [2.45, 2.75) is 19.8 Å². The van der Waals surface area contributed by atoms with Crippen molar-refractivity contribution in [3.63, 3.8) is 0 Å². The predicted octanol–water partition coefficient (Wildman–Crippen LogP) is 1.75. The van der Waals surface area contributed by atoms with Crippen molar-refractivity contribution in [1.29, 1.82) is 0 Å². The largest absolute Gasteiger partial charge is 0.481 e. The highest BCUT2D eigenvalue weighted by Gasteiger charge is 2.45. The van der Waals surface area contributed by atoms with E-state index in [4.69, 9.17) is 0 Å². The van der Waals surface area contributed by atoms with Gasteiger partial charge >= 0.3 is 5.97 Å². The summed E-state index contributed by atoms with van der Waals surface area (Å²) in [5.41, 5.74) is 0.549. The number of rotatable bonds is 5. The Morgan fingerprint density at radius 1 is 1.15 bits per heavy atom.